The van der Waals surface area contributed by atoms with E-state index in [4.69, 9.17) is 16.3 Å². The first-order valence-electron chi connectivity index (χ1n) is 5.76. The molecule has 19 heavy (non-hydrogen) atoms. The highest BCUT2D eigenvalue weighted by atomic mass is 35.5. The molecule has 0 aliphatic rings. The number of ether oxygens (including phenoxy) is 1. The van der Waals surface area contributed by atoms with E-state index in [1.54, 1.807) is 13.0 Å². The maximum atomic E-state index is 13.4. The van der Waals surface area contributed by atoms with Crippen LogP contribution in [0.5, 0.6) is 5.75 Å². The average molecular weight is 283 g/mol. The molecule has 0 radical (unpaired) electrons. The fourth-order valence-corrected chi connectivity index (χ4v) is 2.29. The zero-order valence-corrected chi connectivity index (χ0v) is 11.3. The van der Waals surface area contributed by atoms with Crippen LogP contribution in [0.1, 0.15) is 22.1 Å². The van der Waals surface area contributed by atoms with Crippen LogP contribution in [-0.4, -0.2) is 7.11 Å². The standard InChI is InChI=1S/C15H13ClF2O/c1-9-5-10(7-12(18)6-9)15(16)13-8-11(17)3-4-14(13)19-2/h3-8,15H,1-2H3. The molecule has 0 aliphatic carbocycles. The predicted octanol–water partition coefficient (Wildman–Crippen LogP) is 4.61. The zero-order chi connectivity index (χ0) is 14.0. The van der Waals surface area contributed by atoms with Crippen molar-refractivity contribution in [2.75, 3.05) is 7.11 Å². The van der Waals surface area contributed by atoms with Crippen molar-refractivity contribution in [3.8, 4) is 5.75 Å². The molecule has 0 bridgehead atoms. The molecule has 2 aromatic rings. The van der Waals surface area contributed by atoms with E-state index in [1.807, 2.05) is 0 Å². The summed E-state index contributed by atoms with van der Waals surface area (Å²) in [5.41, 5.74) is 1.81. The normalized spacial score (nSPS) is 12.3. The number of hydrogen-bond acceptors (Lipinski definition) is 1. The second kappa shape index (κ2) is 5.57. The summed E-state index contributed by atoms with van der Waals surface area (Å²) in [5, 5.41) is -0.667. The first kappa shape index (κ1) is 13.8. The van der Waals surface area contributed by atoms with Crippen molar-refractivity contribution in [3.63, 3.8) is 0 Å². The van der Waals surface area contributed by atoms with Crippen molar-refractivity contribution in [1.29, 1.82) is 0 Å². The molecule has 0 saturated heterocycles. The van der Waals surface area contributed by atoms with Crippen LogP contribution in [0.25, 0.3) is 0 Å². The molecule has 0 N–H and O–H groups in total. The summed E-state index contributed by atoms with van der Waals surface area (Å²) in [4.78, 5) is 0. The van der Waals surface area contributed by atoms with Gasteiger partial charge in [0, 0.05) is 5.56 Å². The van der Waals surface area contributed by atoms with Gasteiger partial charge in [0.1, 0.15) is 17.4 Å². The minimum atomic E-state index is -0.667. The second-order valence-corrected chi connectivity index (χ2v) is 4.75. The molecule has 0 fully saturated rings. The van der Waals surface area contributed by atoms with Crippen molar-refractivity contribution in [3.05, 3.63) is 64.7 Å². The Morgan fingerprint density at radius 3 is 2.42 bits per heavy atom. The molecule has 1 nitrogen and oxygen atoms in total. The van der Waals surface area contributed by atoms with Gasteiger partial charge in [-0.15, -0.1) is 11.6 Å². The molecule has 2 rings (SSSR count). The van der Waals surface area contributed by atoms with Gasteiger partial charge < -0.3 is 4.74 Å². The molecule has 0 saturated carbocycles. The van der Waals surface area contributed by atoms with E-state index in [-0.39, 0.29) is 5.82 Å². The van der Waals surface area contributed by atoms with E-state index in [1.165, 1.54) is 37.4 Å². The number of halogens is 3. The average Bonchev–Trinajstić information content (AvgIpc) is 2.36. The number of rotatable bonds is 3. The maximum Gasteiger partial charge on any atom is 0.124 e. The maximum absolute atomic E-state index is 13.4. The van der Waals surface area contributed by atoms with Gasteiger partial charge in [-0.25, -0.2) is 8.78 Å². The summed E-state index contributed by atoms with van der Waals surface area (Å²) in [6.45, 7) is 1.78. The largest absolute Gasteiger partial charge is 0.496 e. The number of alkyl halides is 1. The minimum absolute atomic E-state index is 0.365. The van der Waals surface area contributed by atoms with Crippen LogP contribution in [-0.2, 0) is 0 Å². The topological polar surface area (TPSA) is 9.23 Å². The zero-order valence-electron chi connectivity index (χ0n) is 10.6. The first-order valence-corrected chi connectivity index (χ1v) is 6.19. The molecule has 1 unspecified atom stereocenters. The van der Waals surface area contributed by atoms with Crippen molar-refractivity contribution >= 4 is 11.6 Å². The lowest BCUT2D eigenvalue weighted by atomic mass is 10.0. The van der Waals surface area contributed by atoms with Crippen molar-refractivity contribution < 1.29 is 13.5 Å². The number of hydrogen-bond donors (Lipinski definition) is 0. The van der Waals surface area contributed by atoms with Gasteiger partial charge in [-0.3, -0.25) is 0 Å². The van der Waals surface area contributed by atoms with Gasteiger partial charge in [0.05, 0.1) is 12.5 Å². The molecule has 1 atom stereocenters. The summed E-state index contributed by atoms with van der Waals surface area (Å²) in [7, 11) is 1.48. The van der Waals surface area contributed by atoms with E-state index >= 15 is 0 Å². The molecular weight excluding hydrogens is 270 g/mol. The molecule has 0 heterocycles. The van der Waals surface area contributed by atoms with Crippen LogP contribution in [0, 0.1) is 18.6 Å². The van der Waals surface area contributed by atoms with Gasteiger partial charge in [0.2, 0.25) is 0 Å². The van der Waals surface area contributed by atoms with Crippen LogP contribution < -0.4 is 4.74 Å². The Morgan fingerprint density at radius 2 is 1.79 bits per heavy atom. The Balaban J connectivity index is 2.48. The quantitative estimate of drug-likeness (QED) is 0.747. The highest BCUT2D eigenvalue weighted by molar-refractivity contribution is 6.22. The summed E-state index contributed by atoms with van der Waals surface area (Å²) < 4.78 is 31.9. The molecule has 2 aromatic carbocycles. The molecule has 0 amide bonds. The van der Waals surface area contributed by atoms with Gasteiger partial charge in [0.25, 0.3) is 0 Å². The van der Waals surface area contributed by atoms with Gasteiger partial charge >= 0.3 is 0 Å². The summed E-state index contributed by atoms with van der Waals surface area (Å²) in [6, 6.07) is 8.63. The van der Waals surface area contributed by atoms with E-state index in [0.717, 1.165) is 5.56 Å². The first-order chi connectivity index (χ1) is 9.01. The van der Waals surface area contributed by atoms with E-state index in [2.05, 4.69) is 0 Å². The monoisotopic (exact) mass is 282 g/mol. The molecule has 0 aromatic heterocycles. The smallest absolute Gasteiger partial charge is 0.124 e. The summed E-state index contributed by atoms with van der Waals surface area (Å²) >= 11 is 6.32. The van der Waals surface area contributed by atoms with Gasteiger partial charge in [-0.05, 0) is 48.4 Å². The SMILES string of the molecule is COc1ccc(F)cc1C(Cl)c1cc(C)cc(F)c1. The Morgan fingerprint density at radius 1 is 1.05 bits per heavy atom. The van der Waals surface area contributed by atoms with Crippen LogP contribution in [0.15, 0.2) is 36.4 Å². The summed E-state index contributed by atoms with van der Waals surface area (Å²) in [5.74, 6) is -0.297. The lowest BCUT2D eigenvalue weighted by molar-refractivity contribution is 0.409. The van der Waals surface area contributed by atoms with Crippen LogP contribution in [0.2, 0.25) is 0 Å². The molecule has 0 aliphatic heterocycles. The Kier molecular flexibility index (Phi) is 4.05. The summed E-state index contributed by atoms with van der Waals surface area (Å²) in [6.07, 6.45) is 0. The van der Waals surface area contributed by atoms with E-state index in [0.29, 0.717) is 16.9 Å². The minimum Gasteiger partial charge on any atom is -0.496 e. The highest BCUT2D eigenvalue weighted by Gasteiger charge is 2.17. The number of methoxy groups -OCH3 is 1. The van der Waals surface area contributed by atoms with Crippen molar-refractivity contribution in [2.24, 2.45) is 0 Å². The lowest BCUT2D eigenvalue weighted by Crippen LogP contribution is -1.99. The second-order valence-electron chi connectivity index (χ2n) is 4.31. The number of benzene rings is 2. The fraction of sp³-hybridized carbons (Fsp3) is 0.200. The molecule has 100 valence electrons. The van der Waals surface area contributed by atoms with Crippen molar-refractivity contribution in [2.45, 2.75) is 12.3 Å². The Bertz CT molecular complexity index is 578. The van der Waals surface area contributed by atoms with E-state index < -0.39 is 11.2 Å². The van der Waals surface area contributed by atoms with Gasteiger partial charge in [0.15, 0.2) is 0 Å². The Hall–Kier alpha value is -1.61. The van der Waals surface area contributed by atoms with Crippen LogP contribution in [0.4, 0.5) is 8.78 Å². The third kappa shape index (κ3) is 3.04. The number of aryl methyl sites for hydroxylation is 1. The highest BCUT2D eigenvalue weighted by Crippen LogP contribution is 2.36. The van der Waals surface area contributed by atoms with Gasteiger partial charge in [-0.1, -0.05) is 6.07 Å². The van der Waals surface area contributed by atoms with E-state index in [9.17, 15) is 8.78 Å². The third-order valence-corrected chi connectivity index (χ3v) is 3.31. The Labute approximate surface area is 115 Å². The molecular formula is C15H13ClF2O. The molecule has 4 heteroatoms. The molecule has 0 spiro atoms. The fourth-order valence-electron chi connectivity index (χ4n) is 1.99. The van der Waals surface area contributed by atoms with Crippen LogP contribution >= 0.6 is 11.6 Å². The van der Waals surface area contributed by atoms with Gasteiger partial charge in [-0.2, -0.15) is 0 Å². The third-order valence-electron chi connectivity index (χ3n) is 2.82. The lowest BCUT2D eigenvalue weighted by Gasteiger charge is -2.15. The van der Waals surface area contributed by atoms with Crippen molar-refractivity contribution in [1.82, 2.24) is 0 Å². The predicted molar refractivity (Wildman–Crippen MR) is 71.8 cm³/mol. The van der Waals surface area contributed by atoms with Crippen LogP contribution in [0.3, 0.4) is 0 Å².